The molecule has 0 spiro atoms. The molecule has 2 heterocycles. The molecule has 1 N–H and O–H groups in total. The maximum Gasteiger partial charge on any atom is 0.342 e. The maximum absolute atomic E-state index is 13.5. The topological polar surface area (TPSA) is 79.5 Å². The lowest BCUT2D eigenvalue weighted by Gasteiger charge is -2.22. The summed E-state index contributed by atoms with van der Waals surface area (Å²) >= 11 is 0. The van der Waals surface area contributed by atoms with Crippen LogP contribution in [-0.2, 0) is 31.4 Å². The molecule has 6 nitrogen and oxygen atoms in total. The molecule has 4 rings (SSSR count). The fraction of sp³-hybridized carbons (Fsp3) is 0.346. The van der Waals surface area contributed by atoms with E-state index in [0.717, 1.165) is 22.0 Å². The minimum atomic E-state index is -3.86. The van der Waals surface area contributed by atoms with Gasteiger partial charge in [0.15, 0.2) is 0 Å². The third kappa shape index (κ3) is 4.42. The third-order valence-corrected chi connectivity index (χ3v) is 7.60. The number of nitrogens with one attached hydrogen (secondary N) is 1. The lowest BCUT2D eigenvalue weighted by Crippen LogP contribution is -2.28. The highest BCUT2D eigenvalue weighted by atomic mass is 32.2. The van der Waals surface area contributed by atoms with Crippen LogP contribution in [0.4, 0.5) is 0 Å². The predicted molar refractivity (Wildman–Crippen MR) is 130 cm³/mol. The zero-order valence-corrected chi connectivity index (χ0v) is 20.5. The number of ether oxygens (including phenoxy) is 1. The summed E-state index contributed by atoms with van der Waals surface area (Å²) in [5, 5.41) is 0.976. The Balaban J connectivity index is 1.80. The van der Waals surface area contributed by atoms with E-state index in [1.165, 1.54) is 10.5 Å². The second kappa shape index (κ2) is 8.37. The number of sulfonamides is 1. The molecule has 0 fully saturated rings. The molecule has 0 saturated heterocycles. The summed E-state index contributed by atoms with van der Waals surface area (Å²) in [7, 11) is -3.86. The molecule has 2 aromatic carbocycles. The highest BCUT2D eigenvalue weighted by molar-refractivity contribution is 7.89. The lowest BCUT2D eigenvalue weighted by molar-refractivity contribution is -0.140. The van der Waals surface area contributed by atoms with Crippen molar-refractivity contribution >= 4 is 32.5 Å². The molecular weight excluding hydrogens is 436 g/mol. The molecule has 1 aliphatic heterocycles. The largest absolute Gasteiger partial charge is 0.459 e. The second-order valence-corrected chi connectivity index (χ2v) is 11.6. The molecular formula is C26H30N2O4S. The zero-order valence-electron chi connectivity index (χ0n) is 19.7. The first kappa shape index (κ1) is 23.1. The van der Waals surface area contributed by atoms with Gasteiger partial charge in [-0.15, -0.1) is 0 Å². The Kier molecular flexibility index (Phi) is 5.86. The average molecular weight is 467 g/mol. The summed E-state index contributed by atoms with van der Waals surface area (Å²) in [6.45, 7) is 10.0. The number of benzene rings is 2. The van der Waals surface area contributed by atoms with E-state index < -0.39 is 16.0 Å². The minimum Gasteiger partial charge on any atom is -0.459 e. The Morgan fingerprint density at radius 1 is 1.06 bits per heavy atom. The van der Waals surface area contributed by atoms with Gasteiger partial charge in [-0.2, -0.15) is 0 Å². The maximum atomic E-state index is 13.5. The Bertz CT molecular complexity index is 1330. The Morgan fingerprint density at radius 3 is 2.36 bits per heavy atom. The van der Waals surface area contributed by atoms with Crippen molar-refractivity contribution in [3.63, 3.8) is 0 Å². The first-order valence-corrected chi connectivity index (χ1v) is 12.6. The van der Waals surface area contributed by atoms with E-state index in [0.29, 0.717) is 12.1 Å². The zero-order chi connectivity index (χ0) is 24.0. The van der Waals surface area contributed by atoms with Gasteiger partial charge in [-0.1, -0.05) is 51.1 Å². The monoisotopic (exact) mass is 466 g/mol. The third-order valence-electron chi connectivity index (χ3n) is 5.83. The van der Waals surface area contributed by atoms with Crippen molar-refractivity contribution in [3.05, 3.63) is 71.6 Å². The van der Waals surface area contributed by atoms with Crippen LogP contribution in [0.3, 0.4) is 0 Å². The number of H-pyrrole nitrogens is 1. The fourth-order valence-corrected chi connectivity index (χ4v) is 5.40. The number of carbonyl (C=O) groups excluding carboxylic acids is 1. The summed E-state index contributed by atoms with van der Waals surface area (Å²) in [6.07, 6.45) is 1.55. The molecule has 0 bridgehead atoms. The van der Waals surface area contributed by atoms with Gasteiger partial charge >= 0.3 is 5.97 Å². The van der Waals surface area contributed by atoms with Crippen molar-refractivity contribution in [1.82, 2.24) is 9.29 Å². The van der Waals surface area contributed by atoms with Gasteiger partial charge in [0.05, 0.1) is 16.7 Å². The summed E-state index contributed by atoms with van der Waals surface area (Å²) in [4.78, 5) is 16.5. The Morgan fingerprint density at radius 2 is 1.73 bits per heavy atom. The van der Waals surface area contributed by atoms with Crippen LogP contribution in [0.25, 0.3) is 16.5 Å². The SMILES string of the molecule is CC(C)OC(=O)C1=CN(S(=O)(=O)c2ccc(C(C)(C)C)cc2)CCc2c1[nH]c1ccccc21. The van der Waals surface area contributed by atoms with Gasteiger partial charge in [0.1, 0.15) is 5.57 Å². The quantitative estimate of drug-likeness (QED) is 0.549. The number of hydrogen-bond donors (Lipinski definition) is 1. The normalized spacial score (nSPS) is 14.7. The van der Waals surface area contributed by atoms with E-state index in [9.17, 15) is 13.2 Å². The van der Waals surface area contributed by atoms with Gasteiger partial charge in [0.2, 0.25) is 0 Å². The highest BCUT2D eigenvalue weighted by Crippen LogP contribution is 2.33. The van der Waals surface area contributed by atoms with E-state index >= 15 is 0 Å². The van der Waals surface area contributed by atoms with E-state index in [-0.39, 0.29) is 28.5 Å². The summed E-state index contributed by atoms with van der Waals surface area (Å²) < 4.78 is 33.8. The molecule has 0 aliphatic carbocycles. The van der Waals surface area contributed by atoms with E-state index in [1.807, 2.05) is 36.4 Å². The molecule has 0 unspecified atom stereocenters. The van der Waals surface area contributed by atoms with E-state index in [1.54, 1.807) is 26.0 Å². The van der Waals surface area contributed by atoms with Gasteiger partial charge < -0.3 is 9.72 Å². The fourth-order valence-electron chi connectivity index (χ4n) is 4.07. The van der Waals surface area contributed by atoms with Crippen molar-refractivity contribution in [1.29, 1.82) is 0 Å². The highest BCUT2D eigenvalue weighted by Gasteiger charge is 2.31. The van der Waals surface area contributed by atoms with Crippen LogP contribution in [0.15, 0.2) is 59.6 Å². The van der Waals surface area contributed by atoms with E-state index in [2.05, 4.69) is 25.8 Å². The number of hydrogen-bond acceptors (Lipinski definition) is 4. The Labute approximate surface area is 195 Å². The number of esters is 1. The van der Waals surface area contributed by atoms with Crippen LogP contribution >= 0.6 is 0 Å². The molecule has 1 aromatic heterocycles. The first-order chi connectivity index (χ1) is 15.5. The first-order valence-electron chi connectivity index (χ1n) is 11.1. The van der Waals surface area contributed by atoms with Gasteiger partial charge in [-0.3, -0.25) is 4.31 Å². The van der Waals surface area contributed by atoms with Gasteiger partial charge in [0, 0.05) is 23.6 Å². The number of rotatable bonds is 4. The van der Waals surface area contributed by atoms with Gasteiger partial charge in [-0.25, -0.2) is 13.2 Å². The summed E-state index contributed by atoms with van der Waals surface area (Å²) in [5.74, 6) is -0.553. The van der Waals surface area contributed by atoms with E-state index in [4.69, 9.17) is 4.74 Å². The number of nitrogens with zero attached hydrogens (tertiary/aromatic N) is 1. The van der Waals surface area contributed by atoms with Crippen molar-refractivity contribution in [2.75, 3.05) is 6.54 Å². The molecule has 0 saturated carbocycles. The molecule has 0 amide bonds. The molecule has 1 aliphatic rings. The molecule has 7 heteroatoms. The molecule has 33 heavy (non-hydrogen) atoms. The van der Waals surface area contributed by atoms with Crippen LogP contribution in [0.1, 0.15) is 51.4 Å². The van der Waals surface area contributed by atoms with Crippen LogP contribution in [0.2, 0.25) is 0 Å². The molecule has 174 valence electrons. The standard InChI is InChI=1S/C26H30N2O4S/c1-17(2)32-25(29)22-16-28(15-14-21-20-8-6-7-9-23(20)27-24(21)22)33(30,31)19-12-10-18(11-13-19)26(3,4)5/h6-13,16-17,27H,14-15H2,1-5H3. The van der Waals surface area contributed by atoms with Crippen LogP contribution in [0.5, 0.6) is 0 Å². The second-order valence-electron chi connectivity index (χ2n) is 9.66. The number of aromatic amines is 1. The molecule has 3 aromatic rings. The van der Waals surface area contributed by atoms with Crippen molar-refractivity contribution in [2.24, 2.45) is 0 Å². The van der Waals surface area contributed by atoms with Crippen LogP contribution in [0, 0.1) is 0 Å². The van der Waals surface area contributed by atoms with Crippen molar-refractivity contribution < 1.29 is 17.9 Å². The van der Waals surface area contributed by atoms with Crippen molar-refractivity contribution in [2.45, 2.75) is 57.5 Å². The number of fused-ring (bicyclic) bond motifs is 3. The predicted octanol–water partition coefficient (Wildman–Crippen LogP) is 5.00. The van der Waals surface area contributed by atoms with Gasteiger partial charge in [0.25, 0.3) is 10.0 Å². The van der Waals surface area contributed by atoms with Crippen LogP contribution in [-0.4, -0.2) is 36.3 Å². The number of aromatic nitrogens is 1. The Hall–Kier alpha value is -3.06. The number of carbonyl (C=O) groups is 1. The van der Waals surface area contributed by atoms with Crippen LogP contribution < -0.4 is 0 Å². The van der Waals surface area contributed by atoms with Gasteiger partial charge in [-0.05, 0) is 55.0 Å². The summed E-state index contributed by atoms with van der Waals surface area (Å²) in [6, 6.07) is 14.7. The van der Waals surface area contributed by atoms with Crippen molar-refractivity contribution in [3.8, 4) is 0 Å². The smallest absolute Gasteiger partial charge is 0.342 e. The number of para-hydroxylation sites is 1. The average Bonchev–Trinajstić information content (AvgIpc) is 2.99. The summed E-state index contributed by atoms with van der Waals surface area (Å²) in [5.41, 5.74) is 3.61. The lowest BCUT2D eigenvalue weighted by atomic mass is 9.87. The minimum absolute atomic E-state index is 0.0810. The molecule has 0 atom stereocenters. The molecule has 0 radical (unpaired) electrons.